The molecule has 172 valence electrons. The summed E-state index contributed by atoms with van der Waals surface area (Å²) in [7, 11) is 0. The van der Waals surface area contributed by atoms with E-state index in [0.29, 0.717) is 5.56 Å². The van der Waals surface area contributed by atoms with Gasteiger partial charge < -0.3 is 14.9 Å². The zero-order valence-electron chi connectivity index (χ0n) is 17.4. The van der Waals surface area contributed by atoms with E-state index in [4.69, 9.17) is 9.90 Å². The summed E-state index contributed by atoms with van der Waals surface area (Å²) in [5, 5.41) is 8.12. The van der Waals surface area contributed by atoms with Gasteiger partial charge in [-0.15, -0.1) is 0 Å². The van der Waals surface area contributed by atoms with E-state index in [0.717, 1.165) is 49.3 Å². The van der Waals surface area contributed by atoms with Crippen molar-refractivity contribution in [1.82, 2.24) is 19.9 Å². The fourth-order valence-corrected chi connectivity index (χ4v) is 4.11. The van der Waals surface area contributed by atoms with E-state index < -0.39 is 12.1 Å². The van der Waals surface area contributed by atoms with Crippen LogP contribution >= 0.6 is 0 Å². The molecule has 1 amide bonds. The molecule has 0 saturated carbocycles. The number of hydrogen-bond acceptors (Lipinski definition) is 6. The number of para-hydroxylation sites is 1. The Labute approximate surface area is 186 Å². The second kappa shape index (κ2) is 8.64. The first-order chi connectivity index (χ1) is 15.7. The fraction of sp³-hybridized carbons (Fsp3) is 0.318. The molecule has 1 unspecified atom stereocenters. The lowest BCUT2D eigenvalue weighted by atomic mass is 9.84. The van der Waals surface area contributed by atoms with Crippen LogP contribution in [0.25, 0.3) is 10.9 Å². The Morgan fingerprint density at radius 2 is 1.67 bits per heavy atom. The Morgan fingerprint density at radius 1 is 1.00 bits per heavy atom. The topological polar surface area (TPSA) is 99.5 Å². The summed E-state index contributed by atoms with van der Waals surface area (Å²) in [5.41, 5.74) is 1.55. The van der Waals surface area contributed by atoms with E-state index in [9.17, 15) is 18.0 Å². The third-order valence-corrected chi connectivity index (χ3v) is 5.87. The number of hydrogen-bond donors (Lipinski definition) is 1. The quantitative estimate of drug-likeness (QED) is 0.629. The molecule has 2 aromatic heterocycles. The molecular weight excluding hydrogens is 439 g/mol. The normalized spacial score (nSPS) is 19.7. The summed E-state index contributed by atoms with van der Waals surface area (Å²) < 4.78 is 31.7. The Kier molecular flexibility index (Phi) is 5.88. The Balaban J connectivity index is 0.000000325. The summed E-state index contributed by atoms with van der Waals surface area (Å²) >= 11 is 0. The maximum atomic E-state index is 13.0. The van der Waals surface area contributed by atoms with Gasteiger partial charge in [0.15, 0.2) is 0 Å². The van der Waals surface area contributed by atoms with Crippen molar-refractivity contribution in [3.05, 3.63) is 60.6 Å². The van der Waals surface area contributed by atoms with E-state index in [1.54, 1.807) is 18.6 Å². The number of alkyl halides is 3. The van der Waals surface area contributed by atoms with Gasteiger partial charge in [-0.3, -0.25) is 9.78 Å². The van der Waals surface area contributed by atoms with E-state index in [1.807, 2.05) is 41.3 Å². The molecule has 5 rings (SSSR count). The minimum atomic E-state index is -5.08. The van der Waals surface area contributed by atoms with E-state index >= 15 is 0 Å². The third kappa shape index (κ3) is 4.57. The van der Waals surface area contributed by atoms with Gasteiger partial charge in [0.1, 0.15) is 0 Å². The Morgan fingerprint density at radius 3 is 2.30 bits per heavy atom. The van der Waals surface area contributed by atoms with Crippen molar-refractivity contribution >= 4 is 28.7 Å². The lowest BCUT2D eigenvalue weighted by Gasteiger charge is -2.50. The molecule has 33 heavy (non-hydrogen) atoms. The average Bonchev–Trinajstić information content (AvgIpc) is 3.26. The number of halogens is 3. The van der Waals surface area contributed by atoms with Crippen LogP contribution < -0.4 is 4.90 Å². The first-order valence-electron chi connectivity index (χ1n) is 10.2. The first kappa shape index (κ1) is 22.4. The molecule has 1 spiro atoms. The maximum absolute atomic E-state index is 13.0. The van der Waals surface area contributed by atoms with Crippen molar-refractivity contribution in [3.8, 4) is 0 Å². The highest BCUT2D eigenvalue weighted by molar-refractivity contribution is 5.97. The lowest BCUT2D eigenvalue weighted by molar-refractivity contribution is -0.192. The molecule has 2 fully saturated rings. The molecule has 11 heteroatoms. The van der Waals surface area contributed by atoms with Gasteiger partial charge in [0, 0.05) is 43.6 Å². The predicted octanol–water partition coefficient (Wildman–Crippen LogP) is 3.15. The summed E-state index contributed by atoms with van der Waals surface area (Å²) in [5.74, 6) is -1.94. The second-order valence-corrected chi connectivity index (χ2v) is 7.87. The van der Waals surface area contributed by atoms with Crippen molar-refractivity contribution in [2.75, 3.05) is 24.5 Å². The van der Waals surface area contributed by atoms with Crippen LogP contribution in [-0.2, 0) is 4.79 Å². The number of benzene rings is 1. The van der Waals surface area contributed by atoms with Crippen LogP contribution in [0, 0.1) is 0 Å². The minimum Gasteiger partial charge on any atom is -0.475 e. The van der Waals surface area contributed by atoms with Gasteiger partial charge in [-0.2, -0.15) is 13.2 Å². The summed E-state index contributed by atoms with van der Waals surface area (Å²) in [6.07, 6.45) is 2.18. The van der Waals surface area contributed by atoms with Crippen molar-refractivity contribution in [3.63, 3.8) is 0 Å². The number of carbonyl (C=O) groups is 2. The van der Waals surface area contributed by atoms with Gasteiger partial charge in [0.25, 0.3) is 5.91 Å². The monoisotopic (exact) mass is 459 g/mol. The second-order valence-electron chi connectivity index (χ2n) is 7.87. The molecule has 3 aromatic rings. The number of aromatic nitrogens is 3. The molecule has 2 saturated heterocycles. The summed E-state index contributed by atoms with van der Waals surface area (Å²) in [4.78, 5) is 39.3. The molecule has 0 bridgehead atoms. The van der Waals surface area contributed by atoms with Gasteiger partial charge in [0.05, 0.1) is 16.6 Å². The van der Waals surface area contributed by atoms with Crippen LogP contribution in [0.5, 0.6) is 0 Å². The van der Waals surface area contributed by atoms with Crippen LogP contribution in [-0.4, -0.2) is 68.2 Å². The van der Waals surface area contributed by atoms with Gasteiger partial charge in [-0.25, -0.2) is 14.8 Å². The maximum Gasteiger partial charge on any atom is 0.490 e. The standard InChI is InChI=1S/C20H19N5O.C2HF3O2/c26-18(16-12-15-4-1-2-5-17(15)23-13-16)24-10-6-20(14-24)7-11-25(20)19-21-8-3-9-22-19;3-2(4,5)1(6)7/h1-5,8-9,12-13H,6-7,10-11,14H2;(H,6,7). The molecule has 2 aliphatic rings. The van der Waals surface area contributed by atoms with Crippen molar-refractivity contribution in [2.45, 2.75) is 24.6 Å². The van der Waals surface area contributed by atoms with Crippen molar-refractivity contribution in [2.24, 2.45) is 0 Å². The number of carboxylic acids is 1. The van der Waals surface area contributed by atoms with E-state index in [-0.39, 0.29) is 11.4 Å². The highest BCUT2D eigenvalue weighted by atomic mass is 19.4. The predicted molar refractivity (Wildman–Crippen MR) is 113 cm³/mol. The number of anilines is 1. The average molecular weight is 459 g/mol. The Hall–Kier alpha value is -3.76. The van der Waals surface area contributed by atoms with Gasteiger partial charge in [0.2, 0.25) is 5.95 Å². The van der Waals surface area contributed by atoms with Crippen LogP contribution in [0.4, 0.5) is 19.1 Å². The number of likely N-dealkylation sites (tertiary alicyclic amines) is 1. The van der Waals surface area contributed by atoms with Crippen LogP contribution in [0.2, 0.25) is 0 Å². The number of fused-ring (bicyclic) bond motifs is 1. The molecule has 4 heterocycles. The molecule has 2 aliphatic heterocycles. The number of rotatable bonds is 2. The SMILES string of the molecule is O=C(O)C(F)(F)F.O=C(c1cnc2ccccc2c1)N1CCC2(CCN2c2ncccn2)C1. The molecule has 1 atom stereocenters. The van der Waals surface area contributed by atoms with Crippen LogP contribution in [0.3, 0.4) is 0 Å². The largest absolute Gasteiger partial charge is 0.490 e. The van der Waals surface area contributed by atoms with Gasteiger partial charge >= 0.3 is 12.1 Å². The van der Waals surface area contributed by atoms with Crippen LogP contribution in [0.1, 0.15) is 23.2 Å². The molecular formula is C22H20F3N5O3. The molecule has 1 N–H and O–H groups in total. The number of aliphatic carboxylic acids is 1. The Bertz CT molecular complexity index is 1170. The third-order valence-electron chi connectivity index (χ3n) is 5.87. The molecule has 8 nitrogen and oxygen atoms in total. The number of nitrogens with zero attached hydrogens (tertiary/aromatic N) is 5. The zero-order valence-corrected chi connectivity index (χ0v) is 17.4. The minimum absolute atomic E-state index is 0.0126. The highest BCUT2D eigenvalue weighted by Crippen LogP contribution is 2.41. The lowest BCUT2D eigenvalue weighted by Crippen LogP contribution is -2.62. The number of pyridine rings is 1. The number of amides is 1. The molecule has 1 aromatic carbocycles. The highest BCUT2D eigenvalue weighted by Gasteiger charge is 2.51. The van der Waals surface area contributed by atoms with Crippen molar-refractivity contribution in [1.29, 1.82) is 0 Å². The zero-order chi connectivity index (χ0) is 23.6. The van der Waals surface area contributed by atoms with Crippen molar-refractivity contribution < 1.29 is 27.9 Å². The van der Waals surface area contributed by atoms with Crippen LogP contribution in [0.15, 0.2) is 55.0 Å². The number of carboxylic acid groups (broad SMARTS) is 1. The van der Waals surface area contributed by atoms with Gasteiger partial charge in [-0.1, -0.05) is 18.2 Å². The smallest absolute Gasteiger partial charge is 0.475 e. The molecule has 0 aliphatic carbocycles. The van der Waals surface area contributed by atoms with Gasteiger partial charge in [-0.05, 0) is 31.0 Å². The number of carbonyl (C=O) groups excluding carboxylic acids is 1. The first-order valence-corrected chi connectivity index (χ1v) is 10.2. The van der Waals surface area contributed by atoms with E-state index in [1.165, 1.54) is 0 Å². The summed E-state index contributed by atoms with van der Waals surface area (Å²) in [6.45, 7) is 2.43. The fourth-order valence-electron chi connectivity index (χ4n) is 4.11. The molecule has 0 radical (unpaired) electrons. The summed E-state index contributed by atoms with van der Waals surface area (Å²) in [6, 6.07) is 11.6. The van der Waals surface area contributed by atoms with E-state index in [2.05, 4.69) is 19.9 Å².